The molecule has 2 rings (SSSR count). The van der Waals surface area contributed by atoms with E-state index in [1.807, 2.05) is 30.3 Å². The van der Waals surface area contributed by atoms with Crippen LogP contribution in [0.1, 0.15) is 41.5 Å². The molecule has 0 fully saturated rings. The van der Waals surface area contributed by atoms with Gasteiger partial charge in [0.15, 0.2) is 6.04 Å². The largest absolute Gasteiger partial charge is 0.467 e. The van der Waals surface area contributed by atoms with Gasteiger partial charge in [-0.05, 0) is 59.1 Å². The predicted molar refractivity (Wildman–Crippen MR) is 112 cm³/mol. The summed E-state index contributed by atoms with van der Waals surface area (Å²) < 4.78 is 17.5. The minimum atomic E-state index is -1.28. The molecule has 8 heteroatoms. The highest BCUT2D eigenvalue weighted by molar-refractivity contribution is 5.94. The van der Waals surface area contributed by atoms with Crippen LogP contribution in [0.3, 0.4) is 0 Å². The van der Waals surface area contributed by atoms with Gasteiger partial charge in [0.2, 0.25) is 0 Å². The molecule has 164 valence electrons. The summed E-state index contributed by atoms with van der Waals surface area (Å²) in [6.45, 7) is 10.0. The first-order valence-electron chi connectivity index (χ1n) is 9.69. The average Bonchev–Trinajstić information content (AvgIpc) is 3.00. The maximum Gasteiger partial charge on any atom is 0.420 e. The van der Waals surface area contributed by atoms with Crippen molar-refractivity contribution in [3.05, 3.63) is 36.5 Å². The van der Waals surface area contributed by atoms with Crippen LogP contribution in [0.25, 0.3) is 10.9 Å². The topological polar surface area (TPSA) is 87.1 Å². The number of hydrogen-bond acceptors (Lipinski definition) is 6. The molecular formula is C22H30N2O6. The quantitative estimate of drug-likeness (QED) is 0.542. The molecule has 0 aliphatic heterocycles. The molecule has 30 heavy (non-hydrogen) atoms. The number of nitrogens with zero attached hydrogens (tertiary/aromatic N) is 2. The molecule has 1 heterocycles. The van der Waals surface area contributed by atoms with Crippen molar-refractivity contribution in [1.29, 1.82) is 0 Å². The third kappa shape index (κ3) is 5.98. The van der Waals surface area contributed by atoms with Crippen LogP contribution in [-0.2, 0) is 25.5 Å². The first-order valence-corrected chi connectivity index (χ1v) is 9.69. The number of carbonyl (C=O) groups excluding carboxylic acids is 3. The number of rotatable bonds is 4. The molecule has 1 aromatic carbocycles. The van der Waals surface area contributed by atoms with Crippen LogP contribution in [0.15, 0.2) is 36.5 Å². The molecule has 1 aromatic heterocycles. The third-order valence-electron chi connectivity index (χ3n) is 4.02. The Morgan fingerprint density at radius 2 is 1.47 bits per heavy atom. The van der Waals surface area contributed by atoms with Crippen molar-refractivity contribution >= 4 is 29.1 Å². The van der Waals surface area contributed by atoms with Gasteiger partial charge < -0.3 is 18.8 Å². The number of benzene rings is 1. The normalized spacial score (nSPS) is 12.9. The Hall–Kier alpha value is -3.03. The molecule has 8 nitrogen and oxygen atoms in total. The zero-order valence-corrected chi connectivity index (χ0v) is 18.6. The number of imide groups is 1. The monoisotopic (exact) mass is 418 g/mol. The lowest BCUT2D eigenvalue weighted by Gasteiger charge is -2.32. The number of carbonyl (C=O) groups is 3. The first-order chi connectivity index (χ1) is 13.8. The van der Waals surface area contributed by atoms with E-state index in [-0.39, 0.29) is 6.54 Å². The third-order valence-corrected chi connectivity index (χ3v) is 4.02. The van der Waals surface area contributed by atoms with Gasteiger partial charge in [-0.15, -0.1) is 0 Å². The van der Waals surface area contributed by atoms with E-state index in [1.165, 1.54) is 7.11 Å². The van der Waals surface area contributed by atoms with Crippen molar-refractivity contribution < 1.29 is 28.6 Å². The van der Waals surface area contributed by atoms with Crippen LogP contribution in [0.4, 0.5) is 9.59 Å². The van der Waals surface area contributed by atoms with Crippen molar-refractivity contribution in [2.75, 3.05) is 7.11 Å². The zero-order valence-electron chi connectivity index (χ0n) is 18.6. The van der Waals surface area contributed by atoms with Crippen molar-refractivity contribution in [3.8, 4) is 0 Å². The number of hydrogen-bond donors (Lipinski definition) is 0. The molecule has 0 aliphatic rings. The fourth-order valence-corrected chi connectivity index (χ4v) is 2.83. The van der Waals surface area contributed by atoms with E-state index in [0.717, 1.165) is 10.9 Å². The molecule has 0 saturated carbocycles. The summed E-state index contributed by atoms with van der Waals surface area (Å²) in [7, 11) is 1.20. The summed E-state index contributed by atoms with van der Waals surface area (Å²) in [5.74, 6) is -0.760. The van der Waals surface area contributed by atoms with E-state index >= 15 is 0 Å². The van der Waals surface area contributed by atoms with Crippen LogP contribution in [0.2, 0.25) is 0 Å². The number of fused-ring (bicyclic) bond motifs is 1. The summed E-state index contributed by atoms with van der Waals surface area (Å²) in [6, 6.07) is 8.18. The van der Waals surface area contributed by atoms with Gasteiger partial charge >= 0.3 is 18.2 Å². The lowest BCUT2D eigenvalue weighted by Crippen LogP contribution is -2.53. The minimum absolute atomic E-state index is 0.0152. The van der Waals surface area contributed by atoms with Crippen LogP contribution >= 0.6 is 0 Å². The van der Waals surface area contributed by atoms with E-state index in [0.29, 0.717) is 4.90 Å². The Labute approximate surface area is 176 Å². The van der Waals surface area contributed by atoms with E-state index in [4.69, 9.17) is 14.2 Å². The highest BCUT2D eigenvalue weighted by atomic mass is 16.6. The van der Waals surface area contributed by atoms with Gasteiger partial charge in [0, 0.05) is 11.7 Å². The number of para-hydroxylation sites is 1. The molecule has 0 aliphatic carbocycles. The van der Waals surface area contributed by atoms with Gasteiger partial charge in [-0.25, -0.2) is 14.4 Å². The van der Waals surface area contributed by atoms with Crippen LogP contribution in [0.5, 0.6) is 0 Å². The minimum Gasteiger partial charge on any atom is -0.467 e. The average molecular weight is 418 g/mol. The second-order valence-corrected chi connectivity index (χ2v) is 8.90. The molecule has 0 unspecified atom stereocenters. The maximum absolute atomic E-state index is 12.9. The summed E-state index contributed by atoms with van der Waals surface area (Å²) in [5, 5.41) is 0.960. The molecule has 1 atom stereocenters. The van der Waals surface area contributed by atoms with E-state index < -0.39 is 35.4 Å². The van der Waals surface area contributed by atoms with Crippen LogP contribution in [0, 0.1) is 0 Å². The summed E-state index contributed by atoms with van der Waals surface area (Å²) in [5.41, 5.74) is -0.907. The number of amides is 2. The van der Waals surface area contributed by atoms with Crippen molar-refractivity contribution in [1.82, 2.24) is 9.47 Å². The van der Waals surface area contributed by atoms with Crippen LogP contribution < -0.4 is 0 Å². The molecular weight excluding hydrogens is 388 g/mol. The molecule has 2 aromatic rings. The standard InChI is InChI=1S/C22H30N2O6/c1-21(2,3)29-19(26)24(20(27)30-22(4,5)6)17(18(25)28-7)14-23-13-12-15-10-8-9-11-16(15)23/h8-13,17H,14H2,1-7H3/t17-/m0/s1. The Morgan fingerprint density at radius 1 is 0.933 bits per heavy atom. The molecule has 0 saturated heterocycles. The van der Waals surface area contributed by atoms with Crippen molar-refractivity contribution in [3.63, 3.8) is 0 Å². The molecule has 0 radical (unpaired) electrons. The van der Waals surface area contributed by atoms with Gasteiger partial charge in [0.1, 0.15) is 11.2 Å². The summed E-state index contributed by atoms with van der Waals surface area (Å²) in [6.07, 6.45) is -0.185. The Morgan fingerprint density at radius 3 is 1.97 bits per heavy atom. The lowest BCUT2D eigenvalue weighted by atomic mass is 10.2. The SMILES string of the molecule is COC(=O)[C@H](Cn1ccc2ccccc21)N(C(=O)OC(C)(C)C)C(=O)OC(C)(C)C. The second-order valence-electron chi connectivity index (χ2n) is 8.90. The maximum atomic E-state index is 12.9. The Bertz CT molecular complexity index is 892. The number of aromatic nitrogens is 1. The fourth-order valence-electron chi connectivity index (χ4n) is 2.83. The van der Waals surface area contributed by atoms with E-state index in [9.17, 15) is 14.4 Å². The highest BCUT2D eigenvalue weighted by Crippen LogP contribution is 2.21. The van der Waals surface area contributed by atoms with E-state index in [2.05, 4.69) is 0 Å². The Balaban J connectivity index is 2.48. The van der Waals surface area contributed by atoms with E-state index in [1.54, 1.807) is 52.3 Å². The smallest absolute Gasteiger partial charge is 0.420 e. The van der Waals surface area contributed by atoms with Crippen LogP contribution in [-0.4, -0.2) is 52.0 Å². The van der Waals surface area contributed by atoms with Crippen molar-refractivity contribution in [2.24, 2.45) is 0 Å². The fraction of sp³-hybridized carbons (Fsp3) is 0.500. The van der Waals surface area contributed by atoms with Gasteiger partial charge in [-0.1, -0.05) is 18.2 Å². The van der Waals surface area contributed by atoms with Gasteiger partial charge in [0.05, 0.1) is 13.7 Å². The number of methoxy groups -OCH3 is 1. The van der Waals surface area contributed by atoms with Gasteiger partial charge in [0.25, 0.3) is 0 Å². The first kappa shape index (κ1) is 23.3. The lowest BCUT2D eigenvalue weighted by molar-refractivity contribution is -0.147. The summed E-state index contributed by atoms with van der Waals surface area (Å²) in [4.78, 5) is 39.2. The Kier molecular flexibility index (Phi) is 6.80. The highest BCUT2D eigenvalue weighted by Gasteiger charge is 2.41. The number of ether oxygens (including phenoxy) is 3. The summed E-state index contributed by atoms with van der Waals surface area (Å²) >= 11 is 0. The van der Waals surface area contributed by atoms with Gasteiger partial charge in [-0.2, -0.15) is 4.90 Å². The molecule has 0 N–H and O–H groups in total. The molecule has 0 spiro atoms. The predicted octanol–water partition coefficient (Wildman–Crippen LogP) is 4.36. The molecule has 0 bridgehead atoms. The zero-order chi connectivity index (χ0) is 22.7. The number of esters is 1. The second kappa shape index (κ2) is 8.77. The molecule has 2 amide bonds. The van der Waals surface area contributed by atoms with Crippen molar-refractivity contribution in [2.45, 2.75) is 65.3 Å². The van der Waals surface area contributed by atoms with Gasteiger partial charge in [-0.3, -0.25) is 0 Å².